The van der Waals surface area contributed by atoms with Crippen LogP contribution < -0.4 is 5.32 Å². The summed E-state index contributed by atoms with van der Waals surface area (Å²) in [4.78, 5) is 16.4. The van der Waals surface area contributed by atoms with Gasteiger partial charge >= 0.3 is 0 Å². The Labute approximate surface area is 133 Å². The average Bonchev–Trinajstić information content (AvgIpc) is 2.96. The van der Waals surface area contributed by atoms with Crippen LogP contribution in [0.5, 0.6) is 0 Å². The molecule has 0 spiro atoms. The molecule has 2 aromatic rings. The molecular weight excluding hydrogens is 294 g/mol. The zero-order valence-electron chi connectivity index (χ0n) is 12.7. The molecule has 23 heavy (non-hydrogen) atoms. The normalized spacial score (nSPS) is 21.1. The minimum absolute atomic E-state index is 0.185. The van der Waals surface area contributed by atoms with Gasteiger partial charge in [-0.1, -0.05) is 0 Å². The number of hydrogen-bond donors (Lipinski definition) is 2. The summed E-state index contributed by atoms with van der Waals surface area (Å²) < 4.78 is 1.69. The van der Waals surface area contributed by atoms with Crippen LogP contribution in [0.25, 0.3) is 0 Å². The van der Waals surface area contributed by atoms with Gasteiger partial charge in [0.15, 0.2) is 0 Å². The molecule has 1 atom stereocenters. The maximum absolute atomic E-state index is 12.4. The lowest BCUT2D eigenvalue weighted by Gasteiger charge is -2.37. The van der Waals surface area contributed by atoms with E-state index in [1.165, 1.54) is 12.3 Å². The van der Waals surface area contributed by atoms with E-state index in [-0.39, 0.29) is 29.7 Å². The van der Waals surface area contributed by atoms with Crippen LogP contribution in [0.4, 0.5) is 0 Å². The molecule has 0 unspecified atom stereocenters. The first-order valence-electron chi connectivity index (χ1n) is 7.40. The second-order valence-corrected chi connectivity index (χ2v) is 5.83. The maximum Gasteiger partial charge on any atom is 0.253 e. The zero-order chi connectivity index (χ0) is 16.4. The molecular formula is C16H17N5O2. The van der Waals surface area contributed by atoms with Crippen LogP contribution in [0.1, 0.15) is 40.5 Å². The molecule has 2 aromatic heterocycles. The average molecular weight is 311 g/mol. The predicted octanol–water partition coefficient (Wildman–Crippen LogP) is 0.929. The second-order valence-electron chi connectivity index (χ2n) is 5.83. The van der Waals surface area contributed by atoms with E-state index in [2.05, 4.69) is 15.4 Å². The summed E-state index contributed by atoms with van der Waals surface area (Å²) >= 11 is 0. The fourth-order valence-corrected chi connectivity index (χ4v) is 2.80. The predicted molar refractivity (Wildman–Crippen MR) is 81.1 cm³/mol. The number of rotatable bonds is 4. The lowest BCUT2D eigenvalue weighted by Crippen LogP contribution is -2.41. The summed E-state index contributed by atoms with van der Waals surface area (Å²) in [5.74, 6) is -0.0678. The number of nitrogens with one attached hydrogen (secondary N) is 1. The van der Waals surface area contributed by atoms with Gasteiger partial charge in [0.25, 0.3) is 5.91 Å². The number of pyridine rings is 1. The molecule has 1 aliphatic rings. The van der Waals surface area contributed by atoms with Crippen molar-refractivity contribution in [3.05, 3.63) is 47.5 Å². The first-order chi connectivity index (χ1) is 11.1. The van der Waals surface area contributed by atoms with E-state index in [1.807, 2.05) is 19.3 Å². The maximum atomic E-state index is 12.4. The van der Waals surface area contributed by atoms with E-state index >= 15 is 0 Å². The summed E-state index contributed by atoms with van der Waals surface area (Å²) in [6.45, 7) is 0. The molecule has 0 radical (unpaired) electrons. The topological polar surface area (TPSA) is 104 Å². The number of nitriles is 1. The molecule has 1 amide bonds. The van der Waals surface area contributed by atoms with E-state index in [4.69, 9.17) is 5.26 Å². The molecule has 118 valence electrons. The van der Waals surface area contributed by atoms with Gasteiger partial charge in [0.1, 0.15) is 11.8 Å². The number of aryl methyl sites for hydroxylation is 1. The lowest BCUT2D eigenvalue weighted by atomic mass is 9.75. The molecule has 0 aliphatic heterocycles. The molecule has 7 nitrogen and oxygen atoms in total. The Bertz CT molecular complexity index is 741. The number of aliphatic hydroxyl groups excluding tert-OH is 1. The van der Waals surface area contributed by atoms with Crippen molar-refractivity contribution in [1.29, 1.82) is 5.26 Å². The Hall–Kier alpha value is -2.72. The van der Waals surface area contributed by atoms with Gasteiger partial charge < -0.3 is 10.4 Å². The fourth-order valence-electron chi connectivity index (χ4n) is 2.80. The van der Waals surface area contributed by atoms with Gasteiger partial charge in [0.2, 0.25) is 0 Å². The number of nitrogens with zero attached hydrogens (tertiary/aromatic N) is 4. The first kappa shape index (κ1) is 15.2. The largest absolute Gasteiger partial charge is 0.393 e. The minimum atomic E-state index is -0.298. The number of carbonyl (C=O) groups is 1. The standard InChI is InChI=1S/C16H17N5O2/c1-21-9-12(8-19-21)15(11-4-14(22)5-11)20-16(23)10-2-3-13(6-17)18-7-10/h2-3,7-9,11,14-15,22H,4-5H2,1H3,(H,20,23)/t11?,14?,15-/m1/s1. The van der Waals surface area contributed by atoms with Crippen molar-refractivity contribution >= 4 is 5.91 Å². The monoisotopic (exact) mass is 311 g/mol. The van der Waals surface area contributed by atoms with Crippen LogP contribution in [0.2, 0.25) is 0 Å². The SMILES string of the molecule is Cn1cc([C@H](NC(=O)c2ccc(C#N)nc2)C2CC(O)C2)cn1. The smallest absolute Gasteiger partial charge is 0.253 e. The number of aromatic nitrogens is 3. The van der Waals surface area contributed by atoms with Crippen molar-refractivity contribution in [1.82, 2.24) is 20.1 Å². The molecule has 1 fully saturated rings. The summed E-state index contributed by atoms with van der Waals surface area (Å²) in [6, 6.07) is 4.82. The second kappa shape index (κ2) is 6.18. The Kier molecular flexibility index (Phi) is 4.08. The third-order valence-electron chi connectivity index (χ3n) is 4.13. The minimum Gasteiger partial charge on any atom is -0.393 e. The number of amides is 1. The summed E-state index contributed by atoms with van der Waals surface area (Å²) in [6.07, 6.45) is 6.01. The van der Waals surface area contributed by atoms with Gasteiger partial charge in [0, 0.05) is 25.0 Å². The Morgan fingerprint density at radius 2 is 2.26 bits per heavy atom. The Morgan fingerprint density at radius 3 is 2.78 bits per heavy atom. The van der Waals surface area contributed by atoms with Gasteiger partial charge in [0.05, 0.1) is 23.9 Å². The zero-order valence-corrected chi connectivity index (χ0v) is 12.7. The molecule has 1 saturated carbocycles. The van der Waals surface area contributed by atoms with Crippen LogP contribution in [0.15, 0.2) is 30.7 Å². The molecule has 0 saturated heterocycles. The van der Waals surface area contributed by atoms with Gasteiger partial charge in [-0.3, -0.25) is 9.48 Å². The summed E-state index contributed by atoms with van der Waals surface area (Å²) in [7, 11) is 1.82. The van der Waals surface area contributed by atoms with E-state index in [0.717, 1.165) is 5.56 Å². The fraction of sp³-hybridized carbons (Fsp3) is 0.375. The molecule has 2 N–H and O–H groups in total. The van der Waals surface area contributed by atoms with Crippen LogP contribution >= 0.6 is 0 Å². The number of aliphatic hydroxyl groups is 1. The van der Waals surface area contributed by atoms with E-state index < -0.39 is 0 Å². The van der Waals surface area contributed by atoms with Crippen molar-refractivity contribution in [3.63, 3.8) is 0 Å². The molecule has 0 aromatic carbocycles. The van der Waals surface area contributed by atoms with Crippen LogP contribution in [0.3, 0.4) is 0 Å². The van der Waals surface area contributed by atoms with Crippen molar-refractivity contribution in [2.45, 2.75) is 25.0 Å². The van der Waals surface area contributed by atoms with Crippen molar-refractivity contribution < 1.29 is 9.90 Å². The third-order valence-corrected chi connectivity index (χ3v) is 4.13. The molecule has 3 rings (SSSR count). The van der Waals surface area contributed by atoms with Crippen molar-refractivity contribution in [3.8, 4) is 6.07 Å². The van der Waals surface area contributed by atoms with Crippen molar-refractivity contribution in [2.24, 2.45) is 13.0 Å². The van der Waals surface area contributed by atoms with E-state index in [9.17, 15) is 9.90 Å². The Balaban J connectivity index is 1.77. The summed E-state index contributed by atoms with van der Waals surface area (Å²) in [5.41, 5.74) is 1.59. The third kappa shape index (κ3) is 3.22. The molecule has 0 bridgehead atoms. The van der Waals surface area contributed by atoms with E-state index in [1.54, 1.807) is 16.9 Å². The number of hydrogen-bond acceptors (Lipinski definition) is 5. The lowest BCUT2D eigenvalue weighted by molar-refractivity contribution is 0.0235. The Morgan fingerprint density at radius 1 is 1.48 bits per heavy atom. The first-order valence-corrected chi connectivity index (χ1v) is 7.40. The molecule has 7 heteroatoms. The van der Waals surface area contributed by atoms with Crippen LogP contribution in [-0.2, 0) is 7.05 Å². The molecule has 1 aliphatic carbocycles. The van der Waals surface area contributed by atoms with E-state index in [0.29, 0.717) is 18.4 Å². The quantitative estimate of drug-likeness (QED) is 0.874. The highest BCUT2D eigenvalue weighted by Crippen LogP contribution is 2.38. The van der Waals surface area contributed by atoms with Crippen molar-refractivity contribution in [2.75, 3.05) is 0 Å². The highest BCUT2D eigenvalue weighted by molar-refractivity contribution is 5.94. The highest BCUT2D eigenvalue weighted by Gasteiger charge is 2.36. The van der Waals surface area contributed by atoms with Gasteiger partial charge in [-0.05, 0) is 30.9 Å². The van der Waals surface area contributed by atoms with Gasteiger partial charge in [-0.25, -0.2) is 4.98 Å². The van der Waals surface area contributed by atoms with Gasteiger partial charge in [-0.2, -0.15) is 10.4 Å². The highest BCUT2D eigenvalue weighted by atomic mass is 16.3. The van der Waals surface area contributed by atoms with Crippen LogP contribution in [-0.4, -0.2) is 31.9 Å². The summed E-state index contributed by atoms with van der Waals surface area (Å²) in [5, 5.41) is 25.5. The van der Waals surface area contributed by atoms with Crippen LogP contribution in [0, 0.1) is 17.2 Å². The van der Waals surface area contributed by atoms with Gasteiger partial charge in [-0.15, -0.1) is 0 Å². The molecule has 2 heterocycles. The number of carbonyl (C=O) groups excluding carboxylic acids is 1.